The molecule has 1 aromatic carbocycles. The monoisotopic (exact) mass is 335 g/mol. The van der Waals surface area contributed by atoms with Crippen LogP contribution in [0.1, 0.15) is 34.3 Å². The number of benzene rings is 1. The number of pyridine rings is 1. The minimum absolute atomic E-state index is 0.0534. The summed E-state index contributed by atoms with van der Waals surface area (Å²) in [7, 11) is 0. The first-order chi connectivity index (χ1) is 12.2. The number of fused-ring (bicyclic) bond motifs is 1. The van der Waals surface area contributed by atoms with Crippen LogP contribution < -0.4 is 0 Å². The van der Waals surface area contributed by atoms with Gasteiger partial charge in [0.05, 0.1) is 0 Å². The lowest BCUT2D eigenvalue weighted by Crippen LogP contribution is -2.45. The van der Waals surface area contributed by atoms with Crippen LogP contribution in [0.4, 0.5) is 0 Å². The van der Waals surface area contributed by atoms with E-state index in [0.717, 1.165) is 19.3 Å². The Bertz CT molecular complexity index is 766. The third-order valence-corrected chi connectivity index (χ3v) is 5.08. The van der Waals surface area contributed by atoms with Crippen LogP contribution in [0.15, 0.2) is 48.8 Å². The molecule has 0 spiro atoms. The molecule has 2 aromatic rings. The van der Waals surface area contributed by atoms with Crippen molar-refractivity contribution < 1.29 is 9.59 Å². The molecule has 1 saturated heterocycles. The Morgan fingerprint density at radius 2 is 1.60 bits per heavy atom. The number of hydrogen-bond donors (Lipinski definition) is 0. The largest absolute Gasteiger partial charge is 0.273 e. The lowest BCUT2D eigenvalue weighted by atomic mass is 10.0. The maximum Gasteiger partial charge on any atom is 0.272 e. The van der Waals surface area contributed by atoms with Gasteiger partial charge in [-0.15, -0.1) is 0 Å². The Balaban J connectivity index is 1.42. The molecule has 0 radical (unpaired) electrons. The van der Waals surface area contributed by atoms with Crippen molar-refractivity contribution in [3.05, 3.63) is 65.5 Å². The van der Waals surface area contributed by atoms with E-state index in [1.165, 1.54) is 11.1 Å². The zero-order chi connectivity index (χ0) is 17.2. The van der Waals surface area contributed by atoms with Gasteiger partial charge >= 0.3 is 0 Å². The van der Waals surface area contributed by atoms with Gasteiger partial charge < -0.3 is 0 Å². The smallest absolute Gasteiger partial charge is 0.272 e. The van der Waals surface area contributed by atoms with Crippen LogP contribution in [0.25, 0.3) is 0 Å². The van der Waals surface area contributed by atoms with E-state index in [1.807, 2.05) is 0 Å². The highest BCUT2D eigenvalue weighted by molar-refractivity contribution is 5.95. The SMILES string of the molecule is O=C(CC1Cc2ccccc2C1)N1CCCN1C(=O)c1ccncc1. The summed E-state index contributed by atoms with van der Waals surface area (Å²) < 4.78 is 0. The van der Waals surface area contributed by atoms with E-state index in [-0.39, 0.29) is 11.8 Å². The van der Waals surface area contributed by atoms with Crippen molar-refractivity contribution in [3.63, 3.8) is 0 Å². The number of hydrogen-bond acceptors (Lipinski definition) is 3. The van der Waals surface area contributed by atoms with Gasteiger partial charge in [-0.25, -0.2) is 5.01 Å². The molecule has 2 heterocycles. The molecular formula is C20H21N3O2. The van der Waals surface area contributed by atoms with Crippen molar-refractivity contribution in [1.82, 2.24) is 15.0 Å². The first kappa shape index (κ1) is 15.8. The Morgan fingerprint density at radius 1 is 0.960 bits per heavy atom. The summed E-state index contributed by atoms with van der Waals surface area (Å²) in [6.07, 6.45) is 6.43. The summed E-state index contributed by atoms with van der Waals surface area (Å²) in [5.41, 5.74) is 3.28. The molecule has 1 aromatic heterocycles. The Labute approximate surface area is 147 Å². The predicted molar refractivity (Wildman–Crippen MR) is 93.6 cm³/mol. The maximum absolute atomic E-state index is 12.8. The Kier molecular flexibility index (Phi) is 4.22. The van der Waals surface area contributed by atoms with E-state index in [2.05, 4.69) is 29.2 Å². The maximum atomic E-state index is 12.8. The average molecular weight is 335 g/mol. The van der Waals surface area contributed by atoms with Crippen LogP contribution in [0.3, 0.4) is 0 Å². The number of carbonyl (C=O) groups excluding carboxylic acids is 2. The van der Waals surface area contributed by atoms with Crippen molar-refractivity contribution in [2.45, 2.75) is 25.7 Å². The lowest BCUT2D eigenvalue weighted by Gasteiger charge is -2.28. The molecule has 5 heteroatoms. The molecule has 4 rings (SSSR count). The van der Waals surface area contributed by atoms with Crippen LogP contribution in [0.2, 0.25) is 0 Å². The molecule has 0 bridgehead atoms. The fourth-order valence-corrected chi connectivity index (χ4v) is 3.87. The van der Waals surface area contributed by atoms with Gasteiger partial charge in [0.25, 0.3) is 5.91 Å². The van der Waals surface area contributed by atoms with Gasteiger partial charge in [-0.05, 0) is 48.4 Å². The first-order valence-corrected chi connectivity index (χ1v) is 8.81. The van der Waals surface area contributed by atoms with E-state index >= 15 is 0 Å². The summed E-state index contributed by atoms with van der Waals surface area (Å²) >= 11 is 0. The summed E-state index contributed by atoms with van der Waals surface area (Å²) in [5.74, 6) is 0.268. The molecule has 0 N–H and O–H groups in total. The molecule has 25 heavy (non-hydrogen) atoms. The molecule has 0 atom stereocenters. The molecule has 1 aliphatic heterocycles. The molecule has 5 nitrogen and oxygen atoms in total. The topological polar surface area (TPSA) is 53.5 Å². The molecule has 128 valence electrons. The normalized spacial score (nSPS) is 17.0. The standard InChI is InChI=1S/C20H21N3O2/c24-19(14-15-12-17-4-1-2-5-18(17)13-15)22-10-3-11-23(22)20(25)16-6-8-21-9-7-16/h1-2,4-9,15H,3,10-14H2. The average Bonchev–Trinajstić information content (AvgIpc) is 3.28. The second-order valence-corrected chi connectivity index (χ2v) is 6.78. The van der Waals surface area contributed by atoms with E-state index in [1.54, 1.807) is 34.5 Å². The van der Waals surface area contributed by atoms with Gasteiger partial charge in [0, 0.05) is 37.5 Å². The zero-order valence-corrected chi connectivity index (χ0v) is 14.1. The fraction of sp³-hybridized carbons (Fsp3) is 0.350. The van der Waals surface area contributed by atoms with E-state index in [4.69, 9.17) is 0 Å². The zero-order valence-electron chi connectivity index (χ0n) is 14.1. The van der Waals surface area contributed by atoms with Crippen LogP contribution in [-0.4, -0.2) is 39.9 Å². The van der Waals surface area contributed by atoms with Crippen molar-refractivity contribution >= 4 is 11.8 Å². The summed E-state index contributed by atoms with van der Waals surface area (Å²) in [6.45, 7) is 1.22. The molecule has 1 fully saturated rings. The number of aromatic nitrogens is 1. The predicted octanol–water partition coefficient (Wildman–Crippen LogP) is 2.48. The third kappa shape index (κ3) is 3.14. The van der Waals surface area contributed by atoms with E-state index < -0.39 is 0 Å². The van der Waals surface area contributed by atoms with Crippen LogP contribution in [0, 0.1) is 5.92 Å². The highest BCUT2D eigenvalue weighted by atomic mass is 16.2. The van der Waals surface area contributed by atoms with Gasteiger partial charge in [0.1, 0.15) is 0 Å². The van der Waals surface area contributed by atoms with Crippen molar-refractivity contribution in [1.29, 1.82) is 0 Å². The molecule has 2 amide bonds. The van der Waals surface area contributed by atoms with Crippen LogP contribution >= 0.6 is 0 Å². The van der Waals surface area contributed by atoms with Crippen molar-refractivity contribution in [3.8, 4) is 0 Å². The highest BCUT2D eigenvalue weighted by Crippen LogP contribution is 2.29. The third-order valence-electron chi connectivity index (χ3n) is 5.08. The van der Waals surface area contributed by atoms with E-state index in [9.17, 15) is 9.59 Å². The molecule has 2 aliphatic rings. The fourth-order valence-electron chi connectivity index (χ4n) is 3.87. The summed E-state index contributed by atoms with van der Waals surface area (Å²) in [5, 5.41) is 3.24. The highest BCUT2D eigenvalue weighted by Gasteiger charge is 2.33. The molecule has 0 unspecified atom stereocenters. The van der Waals surface area contributed by atoms with Crippen molar-refractivity contribution in [2.24, 2.45) is 5.92 Å². The molecular weight excluding hydrogens is 314 g/mol. The van der Waals surface area contributed by atoms with Gasteiger partial charge in [0.2, 0.25) is 5.91 Å². The minimum Gasteiger partial charge on any atom is -0.273 e. The first-order valence-electron chi connectivity index (χ1n) is 8.81. The van der Waals surface area contributed by atoms with Crippen LogP contribution in [0.5, 0.6) is 0 Å². The second kappa shape index (κ2) is 6.67. The number of carbonyl (C=O) groups is 2. The second-order valence-electron chi connectivity index (χ2n) is 6.78. The Hall–Kier alpha value is -2.69. The molecule has 1 aliphatic carbocycles. The Morgan fingerprint density at radius 3 is 2.28 bits per heavy atom. The van der Waals surface area contributed by atoms with Crippen molar-refractivity contribution in [2.75, 3.05) is 13.1 Å². The number of hydrazine groups is 1. The van der Waals surface area contributed by atoms with Gasteiger partial charge in [-0.1, -0.05) is 24.3 Å². The number of amides is 2. The lowest BCUT2D eigenvalue weighted by molar-refractivity contribution is -0.141. The summed E-state index contributed by atoms with van der Waals surface area (Å²) in [6, 6.07) is 11.8. The summed E-state index contributed by atoms with van der Waals surface area (Å²) in [4.78, 5) is 29.4. The van der Waals surface area contributed by atoms with Gasteiger partial charge in [-0.3, -0.25) is 19.6 Å². The minimum atomic E-state index is -0.122. The number of rotatable bonds is 3. The van der Waals surface area contributed by atoms with Crippen LogP contribution in [-0.2, 0) is 17.6 Å². The number of nitrogens with zero attached hydrogens (tertiary/aromatic N) is 3. The quantitative estimate of drug-likeness (QED) is 0.866. The van der Waals surface area contributed by atoms with E-state index in [0.29, 0.717) is 31.0 Å². The van der Waals surface area contributed by atoms with Gasteiger partial charge in [-0.2, -0.15) is 0 Å². The molecule has 0 saturated carbocycles. The van der Waals surface area contributed by atoms with Gasteiger partial charge in [0.15, 0.2) is 0 Å².